The highest BCUT2D eigenvalue weighted by molar-refractivity contribution is 6.30. The second-order valence-corrected chi connectivity index (χ2v) is 6.79. The number of nitrogens with zero attached hydrogens (tertiary/aromatic N) is 1. The van der Waals surface area contributed by atoms with E-state index in [-0.39, 0.29) is 6.61 Å². The van der Waals surface area contributed by atoms with Crippen LogP contribution in [-0.2, 0) is 11.3 Å². The third-order valence-electron chi connectivity index (χ3n) is 4.43. The molecule has 0 N–H and O–H groups in total. The van der Waals surface area contributed by atoms with Crippen LogP contribution in [0.25, 0.3) is 22.1 Å². The first kappa shape index (κ1) is 19.0. The number of carbonyl (C=O) groups excluding carboxylic acids is 1. The average molecular weight is 408 g/mol. The molecule has 0 radical (unpaired) electrons. The third-order valence-corrected chi connectivity index (χ3v) is 4.69. The highest BCUT2D eigenvalue weighted by Gasteiger charge is 2.19. The molecule has 0 spiro atoms. The van der Waals surface area contributed by atoms with E-state index in [2.05, 4.69) is 5.16 Å². The Hall–Kier alpha value is -3.31. The van der Waals surface area contributed by atoms with Gasteiger partial charge in [-0.05, 0) is 48.0 Å². The van der Waals surface area contributed by atoms with Crippen LogP contribution in [0.5, 0.6) is 5.75 Å². The Morgan fingerprint density at radius 3 is 2.66 bits per heavy atom. The molecule has 6 heteroatoms. The standard InChI is InChI=1S/C23H18ClNO4/c1-2-27-20-12-9-15-5-3-4-6-19(15)22(20)23(26)28-14-18-13-21(29-25-18)16-7-10-17(24)11-8-16/h3-13H,2,14H2,1H3. The van der Waals surface area contributed by atoms with Crippen molar-refractivity contribution >= 4 is 28.3 Å². The number of rotatable bonds is 6. The monoisotopic (exact) mass is 407 g/mol. The quantitative estimate of drug-likeness (QED) is 0.372. The average Bonchev–Trinajstić information content (AvgIpc) is 3.21. The van der Waals surface area contributed by atoms with Crippen LogP contribution >= 0.6 is 11.6 Å². The fraction of sp³-hybridized carbons (Fsp3) is 0.130. The van der Waals surface area contributed by atoms with E-state index in [1.807, 2.05) is 49.4 Å². The van der Waals surface area contributed by atoms with E-state index in [0.717, 1.165) is 16.3 Å². The van der Waals surface area contributed by atoms with E-state index in [4.69, 9.17) is 25.6 Å². The van der Waals surface area contributed by atoms with E-state index < -0.39 is 5.97 Å². The predicted molar refractivity (Wildman–Crippen MR) is 111 cm³/mol. The second kappa shape index (κ2) is 8.37. The molecule has 0 amide bonds. The maximum atomic E-state index is 12.9. The molecule has 146 valence electrons. The fourth-order valence-corrected chi connectivity index (χ4v) is 3.21. The minimum absolute atomic E-state index is 0.00922. The van der Waals surface area contributed by atoms with Gasteiger partial charge in [-0.15, -0.1) is 0 Å². The number of benzene rings is 3. The van der Waals surface area contributed by atoms with Crippen molar-refractivity contribution in [2.75, 3.05) is 6.61 Å². The van der Waals surface area contributed by atoms with Crippen molar-refractivity contribution in [1.82, 2.24) is 5.16 Å². The summed E-state index contributed by atoms with van der Waals surface area (Å²) in [6, 6.07) is 20.3. The van der Waals surface area contributed by atoms with Crippen LogP contribution < -0.4 is 4.74 Å². The number of esters is 1. The first-order valence-corrected chi connectivity index (χ1v) is 9.56. The van der Waals surface area contributed by atoms with Crippen LogP contribution in [0.3, 0.4) is 0 Å². The van der Waals surface area contributed by atoms with Gasteiger partial charge in [-0.25, -0.2) is 4.79 Å². The molecule has 0 bridgehead atoms. The molecule has 1 heterocycles. The van der Waals surface area contributed by atoms with Crippen molar-refractivity contribution in [2.24, 2.45) is 0 Å². The number of fused-ring (bicyclic) bond motifs is 1. The van der Waals surface area contributed by atoms with E-state index >= 15 is 0 Å². The lowest BCUT2D eigenvalue weighted by Crippen LogP contribution is -2.09. The number of hydrogen-bond donors (Lipinski definition) is 0. The summed E-state index contributed by atoms with van der Waals surface area (Å²) >= 11 is 5.91. The summed E-state index contributed by atoms with van der Waals surface area (Å²) in [5.74, 6) is 0.604. The van der Waals surface area contributed by atoms with Crippen LogP contribution in [0.1, 0.15) is 23.0 Å². The summed E-state index contributed by atoms with van der Waals surface area (Å²) in [7, 11) is 0. The van der Waals surface area contributed by atoms with Crippen molar-refractivity contribution in [1.29, 1.82) is 0 Å². The van der Waals surface area contributed by atoms with Gasteiger partial charge in [0.25, 0.3) is 0 Å². The van der Waals surface area contributed by atoms with Crippen LogP contribution in [0, 0.1) is 0 Å². The first-order valence-electron chi connectivity index (χ1n) is 9.19. The van der Waals surface area contributed by atoms with Crippen molar-refractivity contribution in [3.63, 3.8) is 0 Å². The van der Waals surface area contributed by atoms with Gasteiger partial charge in [0.1, 0.15) is 23.6 Å². The van der Waals surface area contributed by atoms with E-state index in [0.29, 0.717) is 34.4 Å². The zero-order valence-corrected chi connectivity index (χ0v) is 16.5. The van der Waals surface area contributed by atoms with Gasteiger partial charge >= 0.3 is 5.97 Å². The van der Waals surface area contributed by atoms with Gasteiger partial charge < -0.3 is 14.0 Å². The summed E-state index contributed by atoms with van der Waals surface area (Å²) in [6.45, 7) is 2.31. The number of halogens is 1. The van der Waals surface area contributed by atoms with Crippen molar-refractivity contribution in [3.05, 3.63) is 83.0 Å². The molecule has 0 fully saturated rings. The van der Waals surface area contributed by atoms with Gasteiger partial charge in [-0.1, -0.05) is 47.1 Å². The minimum atomic E-state index is -0.471. The SMILES string of the molecule is CCOc1ccc2ccccc2c1C(=O)OCc1cc(-c2ccc(Cl)cc2)on1. The summed E-state index contributed by atoms with van der Waals surface area (Å²) in [6.07, 6.45) is 0. The summed E-state index contributed by atoms with van der Waals surface area (Å²) < 4.78 is 16.5. The lowest BCUT2D eigenvalue weighted by molar-refractivity contribution is 0.0462. The molecule has 0 aliphatic heterocycles. The molecule has 29 heavy (non-hydrogen) atoms. The Labute approximate surface area is 172 Å². The van der Waals surface area contributed by atoms with Gasteiger partial charge in [-0.2, -0.15) is 0 Å². The molecule has 4 rings (SSSR count). The Bertz CT molecular complexity index is 1150. The summed E-state index contributed by atoms with van der Waals surface area (Å²) in [5.41, 5.74) is 1.76. The molecular weight excluding hydrogens is 390 g/mol. The first-order chi connectivity index (χ1) is 14.2. The molecule has 0 aliphatic rings. The Kier molecular flexibility index (Phi) is 5.49. The van der Waals surface area contributed by atoms with E-state index in [9.17, 15) is 4.79 Å². The summed E-state index contributed by atoms with van der Waals surface area (Å²) in [5, 5.41) is 6.35. The van der Waals surface area contributed by atoms with E-state index in [1.165, 1.54) is 0 Å². The van der Waals surface area contributed by atoms with Gasteiger partial charge in [0.2, 0.25) is 0 Å². The maximum absolute atomic E-state index is 12.9. The lowest BCUT2D eigenvalue weighted by Gasteiger charge is -2.12. The van der Waals surface area contributed by atoms with Crippen LogP contribution in [0.15, 0.2) is 71.3 Å². The Morgan fingerprint density at radius 1 is 1.07 bits per heavy atom. The molecule has 0 atom stereocenters. The van der Waals surface area contributed by atoms with Crippen LogP contribution in [0.4, 0.5) is 0 Å². The second-order valence-electron chi connectivity index (χ2n) is 6.36. The Balaban J connectivity index is 1.55. The van der Waals surface area contributed by atoms with Gasteiger partial charge in [0, 0.05) is 16.7 Å². The smallest absolute Gasteiger partial charge is 0.342 e. The molecule has 0 aliphatic carbocycles. The summed E-state index contributed by atoms with van der Waals surface area (Å²) in [4.78, 5) is 12.9. The molecule has 5 nitrogen and oxygen atoms in total. The third kappa shape index (κ3) is 4.10. The molecule has 3 aromatic carbocycles. The van der Waals surface area contributed by atoms with Crippen molar-refractivity contribution < 1.29 is 18.8 Å². The molecule has 1 aromatic heterocycles. The normalized spacial score (nSPS) is 10.8. The van der Waals surface area contributed by atoms with Crippen molar-refractivity contribution in [2.45, 2.75) is 13.5 Å². The zero-order chi connectivity index (χ0) is 20.2. The number of hydrogen-bond acceptors (Lipinski definition) is 5. The van der Waals surface area contributed by atoms with Crippen LogP contribution in [-0.4, -0.2) is 17.7 Å². The number of aromatic nitrogens is 1. The molecule has 0 saturated heterocycles. The fourth-order valence-electron chi connectivity index (χ4n) is 3.08. The number of ether oxygens (including phenoxy) is 2. The highest BCUT2D eigenvalue weighted by atomic mass is 35.5. The van der Waals surface area contributed by atoms with Gasteiger partial charge in [0.15, 0.2) is 5.76 Å². The van der Waals surface area contributed by atoms with Gasteiger partial charge in [0.05, 0.1) is 6.61 Å². The van der Waals surface area contributed by atoms with Crippen LogP contribution in [0.2, 0.25) is 5.02 Å². The number of carbonyl (C=O) groups is 1. The molecule has 4 aromatic rings. The molecule has 0 unspecified atom stereocenters. The molecule has 0 saturated carbocycles. The topological polar surface area (TPSA) is 61.6 Å². The Morgan fingerprint density at radius 2 is 1.86 bits per heavy atom. The van der Waals surface area contributed by atoms with E-state index in [1.54, 1.807) is 24.3 Å². The van der Waals surface area contributed by atoms with Gasteiger partial charge in [-0.3, -0.25) is 0 Å². The highest BCUT2D eigenvalue weighted by Crippen LogP contribution is 2.29. The predicted octanol–water partition coefficient (Wildman–Crippen LogP) is 5.90. The van der Waals surface area contributed by atoms with Crippen molar-refractivity contribution in [3.8, 4) is 17.1 Å². The minimum Gasteiger partial charge on any atom is -0.493 e. The largest absolute Gasteiger partial charge is 0.493 e. The molecular formula is C23H18ClNO4. The zero-order valence-electron chi connectivity index (χ0n) is 15.7. The lowest BCUT2D eigenvalue weighted by atomic mass is 10.0. The maximum Gasteiger partial charge on any atom is 0.342 e.